The predicted molar refractivity (Wildman–Crippen MR) is 172 cm³/mol. The summed E-state index contributed by atoms with van der Waals surface area (Å²) in [7, 11) is 1.20. The molecule has 246 valence electrons. The minimum absolute atomic E-state index is 0.00780. The van der Waals surface area contributed by atoms with E-state index in [4.69, 9.17) is 30.6 Å². The second kappa shape index (κ2) is 14.9. The van der Waals surface area contributed by atoms with Crippen molar-refractivity contribution in [1.82, 2.24) is 15.2 Å². The van der Waals surface area contributed by atoms with Crippen LogP contribution in [0.5, 0.6) is 0 Å². The summed E-state index contributed by atoms with van der Waals surface area (Å²) in [6.45, 7) is 11.9. The van der Waals surface area contributed by atoms with Gasteiger partial charge in [0.05, 0.1) is 6.61 Å². The van der Waals surface area contributed by atoms with E-state index < -0.39 is 52.5 Å². The lowest BCUT2D eigenvalue weighted by molar-refractivity contribution is -0.168. The smallest absolute Gasteiger partial charge is 0.413 e. The molecule has 1 fully saturated rings. The molecule has 0 saturated carbocycles. The van der Waals surface area contributed by atoms with Gasteiger partial charge in [-0.1, -0.05) is 18.5 Å². The van der Waals surface area contributed by atoms with Crippen LogP contribution in [0.4, 0.5) is 9.93 Å². The molecule has 3 amide bonds. The first-order valence-corrected chi connectivity index (χ1v) is 16.5. The summed E-state index contributed by atoms with van der Waals surface area (Å²) in [5, 5.41) is 9.78. The molecular weight excluding hydrogens is 649 g/mol. The lowest BCUT2D eigenvalue weighted by atomic mass is 10.0. The summed E-state index contributed by atoms with van der Waals surface area (Å²) in [4.78, 5) is 75.4. The number of rotatable bonds is 12. The highest BCUT2D eigenvalue weighted by Crippen LogP contribution is 2.44. The molecular formula is C27H37BClN5O9S2. The van der Waals surface area contributed by atoms with Gasteiger partial charge >= 0.3 is 26.1 Å². The fourth-order valence-electron chi connectivity index (χ4n) is 4.04. The van der Waals surface area contributed by atoms with Gasteiger partial charge in [-0.25, -0.2) is 19.4 Å². The molecule has 18 heteroatoms. The average molecular weight is 686 g/mol. The molecule has 0 aromatic carbocycles. The van der Waals surface area contributed by atoms with Crippen molar-refractivity contribution >= 4 is 83.4 Å². The number of oxime groups is 1. The Morgan fingerprint density at radius 3 is 2.49 bits per heavy atom. The Balaban J connectivity index is 1.88. The number of halogens is 1. The van der Waals surface area contributed by atoms with Crippen molar-refractivity contribution in [3.8, 4) is 0 Å². The van der Waals surface area contributed by atoms with Crippen molar-refractivity contribution in [2.75, 3.05) is 17.8 Å². The third-order valence-corrected chi connectivity index (χ3v) is 8.89. The number of unbranched alkanes of at least 4 members (excludes halogenated alkanes) is 1. The number of anilines is 1. The number of ether oxygens (including phenoxy) is 2. The van der Waals surface area contributed by atoms with E-state index in [1.165, 1.54) is 43.9 Å². The molecule has 3 heterocycles. The molecule has 3 atom stereocenters. The standard InChI is InChI=1S/C27H37BClN5O9S2/c1-8-9-10-40-23(38)27(6,7)43-33-16(15-12-44-24(30-15)32-25(39)41-26(3,4)5)19(35)31-17-20(36)34-18(22(37)42-28)14(11-29)13(2)45-21(17)34/h12-13,17,21H,8-11,28H2,1-7H3,(H,31,35)(H,30,32,39)/b33-16-/t13-,17+,21+/m0/s1. The summed E-state index contributed by atoms with van der Waals surface area (Å²) in [6.07, 6.45) is 0.724. The Hall–Kier alpha value is -3.31. The van der Waals surface area contributed by atoms with Crippen LogP contribution in [0, 0.1) is 0 Å². The molecule has 1 saturated heterocycles. The van der Waals surface area contributed by atoms with Crippen LogP contribution in [0.15, 0.2) is 21.8 Å². The maximum absolute atomic E-state index is 13.7. The van der Waals surface area contributed by atoms with E-state index in [1.54, 1.807) is 20.8 Å². The summed E-state index contributed by atoms with van der Waals surface area (Å²) in [5.41, 5.74) is -2.12. The van der Waals surface area contributed by atoms with Gasteiger partial charge in [-0.15, -0.1) is 34.7 Å². The number of β-lactam (4-membered cyclic amide) rings is 1. The van der Waals surface area contributed by atoms with Gasteiger partial charge in [0, 0.05) is 16.5 Å². The molecule has 0 bridgehead atoms. The zero-order valence-electron chi connectivity index (χ0n) is 26.3. The highest BCUT2D eigenvalue weighted by Gasteiger charge is 2.56. The normalized spacial score (nSPS) is 20.1. The molecule has 0 aliphatic carbocycles. The first kappa shape index (κ1) is 36.2. The quantitative estimate of drug-likeness (QED) is 0.0630. The average Bonchev–Trinajstić information content (AvgIpc) is 3.41. The second-order valence-electron chi connectivity index (χ2n) is 11.5. The van der Waals surface area contributed by atoms with Gasteiger partial charge in [-0.3, -0.25) is 19.8 Å². The number of fused-ring (bicyclic) bond motifs is 1. The molecule has 14 nitrogen and oxygen atoms in total. The van der Waals surface area contributed by atoms with E-state index in [9.17, 15) is 24.0 Å². The number of hydrogen-bond donors (Lipinski definition) is 2. The summed E-state index contributed by atoms with van der Waals surface area (Å²) >= 11 is 8.42. The molecule has 2 aliphatic heterocycles. The maximum Gasteiger partial charge on any atom is 0.413 e. The Labute approximate surface area is 275 Å². The van der Waals surface area contributed by atoms with E-state index in [-0.39, 0.29) is 40.0 Å². The van der Waals surface area contributed by atoms with Crippen LogP contribution in [0.1, 0.15) is 67.0 Å². The summed E-state index contributed by atoms with van der Waals surface area (Å²) in [6, 6.07) is -1.04. The van der Waals surface area contributed by atoms with Crippen LogP contribution in [-0.4, -0.2) is 93.8 Å². The van der Waals surface area contributed by atoms with Crippen molar-refractivity contribution in [1.29, 1.82) is 0 Å². The molecule has 1 aromatic heterocycles. The highest BCUT2D eigenvalue weighted by atomic mass is 35.5. The lowest BCUT2D eigenvalue weighted by Gasteiger charge is -2.51. The van der Waals surface area contributed by atoms with Crippen LogP contribution in [0.3, 0.4) is 0 Å². The Morgan fingerprint density at radius 2 is 1.89 bits per heavy atom. The van der Waals surface area contributed by atoms with Crippen LogP contribution in [0.25, 0.3) is 0 Å². The second-order valence-corrected chi connectivity index (χ2v) is 14.1. The third-order valence-electron chi connectivity index (χ3n) is 6.39. The van der Waals surface area contributed by atoms with Crippen LogP contribution in [-0.2, 0) is 38.1 Å². The van der Waals surface area contributed by atoms with Crippen molar-refractivity contribution in [3.63, 3.8) is 0 Å². The minimum Gasteiger partial charge on any atom is -0.539 e. The van der Waals surface area contributed by atoms with E-state index >= 15 is 0 Å². The van der Waals surface area contributed by atoms with E-state index in [0.29, 0.717) is 12.0 Å². The number of thioether (sulfide) groups is 1. The van der Waals surface area contributed by atoms with Crippen molar-refractivity contribution in [2.45, 2.75) is 89.2 Å². The number of nitrogens with one attached hydrogen (secondary N) is 2. The molecule has 3 rings (SSSR count). The fraction of sp³-hybridized carbons (Fsp3) is 0.593. The van der Waals surface area contributed by atoms with Gasteiger partial charge < -0.3 is 24.3 Å². The SMILES string of the molecule is BOC(=O)C1=C(CCl)[C@H](C)S[C@@H]2[C@H](NC(=O)/C(=N\OC(C)(C)C(=O)OCCCC)c3csc(NC(=O)OC(C)(C)C)n3)C(=O)N12. The first-order chi connectivity index (χ1) is 21.0. The van der Waals surface area contributed by atoms with Crippen molar-refractivity contribution in [2.24, 2.45) is 5.16 Å². The lowest BCUT2D eigenvalue weighted by Crippen LogP contribution is -2.71. The Kier molecular flexibility index (Phi) is 11.9. The number of alkyl halides is 1. The van der Waals surface area contributed by atoms with Gasteiger partial charge in [-0.2, -0.15) is 0 Å². The van der Waals surface area contributed by atoms with E-state index in [1.807, 2.05) is 13.8 Å². The third kappa shape index (κ3) is 8.70. The number of carbonyl (C=O) groups is 5. The van der Waals surface area contributed by atoms with Gasteiger partial charge in [0.2, 0.25) is 5.60 Å². The molecule has 0 radical (unpaired) electrons. The number of carbonyl (C=O) groups excluding carboxylic acids is 5. The van der Waals surface area contributed by atoms with Crippen LogP contribution in [0.2, 0.25) is 0 Å². The maximum atomic E-state index is 13.7. The van der Waals surface area contributed by atoms with Crippen molar-refractivity contribution < 1.29 is 42.9 Å². The van der Waals surface area contributed by atoms with Gasteiger partial charge in [0.25, 0.3) is 11.8 Å². The fourth-order valence-corrected chi connectivity index (χ4v) is 6.62. The largest absolute Gasteiger partial charge is 0.539 e. The first-order valence-electron chi connectivity index (χ1n) is 14.1. The highest BCUT2D eigenvalue weighted by molar-refractivity contribution is 8.00. The number of amides is 3. The zero-order chi connectivity index (χ0) is 33.7. The molecule has 0 unspecified atom stereocenters. The zero-order valence-corrected chi connectivity index (χ0v) is 28.7. The number of thiazole rings is 1. The molecule has 2 aliphatic rings. The minimum atomic E-state index is -1.58. The summed E-state index contributed by atoms with van der Waals surface area (Å²) < 4.78 is 15.4. The van der Waals surface area contributed by atoms with E-state index in [0.717, 1.165) is 17.8 Å². The Bertz CT molecular complexity index is 1390. The number of esters is 1. The van der Waals surface area contributed by atoms with Gasteiger partial charge in [0.1, 0.15) is 28.4 Å². The molecule has 2 N–H and O–H groups in total. The monoisotopic (exact) mass is 685 g/mol. The van der Waals surface area contributed by atoms with Crippen LogP contribution >= 0.6 is 34.7 Å². The molecule has 45 heavy (non-hydrogen) atoms. The number of aromatic nitrogens is 1. The van der Waals surface area contributed by atoms with Crippen LogP contribution < -0.4 is 10.6 Å². The molecule has 1 aromatic rings. The summed E-state index contributed by atoms with van der Waals surface area (Å²) in [5.74, 6) is -2.80. The Morgan fingerprint density at radius 1 is 1.20 bits per heavy atom. The predicted octanol–water partition coefficient (Wildman–Crippen LogP) is 2.71. The van der Waals surface area contributed by atoms with E-state index in [2.05, 4.69) is 20.8 Å². The number of hydrogen-bond acceptors (Lipinski definition) is 13. The number of nitrogens with zero attached hydrogens (tertiary/aromatic N) is 3. The molecule has 0 spiro atoms. The van der Waals surface area contributed by atoms with Crippen molar-refractivity contribution in [3.05, 3.63) is 22.3 Å². The van der Waals surface area contributed by atoms with Gasteiger partial charge in [-0.05, 0) is 53.5 Å². The topological polar surface area (TPSA) is 175 Å². The van der Waals surface area contributed by atoms with Gasteiger partial charge in [0.15, 0.2) is 10.8 Å².